The summed E-state index contributed by atoms with van der Waals surface area (Å²) in [5.41, 5.74) is 0. The molecular weight excluding hydrogens is 258 g/mol. The van der Waals surface area contributed by atoms with Crippen LogP contribution in [0.5, 0.6) is 0 Å². The molecule has 1 saturated heterocycles. The van der Waals surface area contributed by atoms with Gasteiger partial charge in [0.15, 0.2) is 0 Å². The molecule has 1 aliphatic rings. The zero-order valence-corrected chi connectivity index (χ0v) is 12.0. The minimum absolute atomic E-state index is 0.110. The molecule has 0 radical (unpaired) electrons. The largest absolute Gasteiger partial charge is 0.344 e. The molecule has 0 saturated carbocycles. The standard InChI is InChI=1S/C14H19N3OS/c1-16(8-4-7-15)14(18)11-17-9-2-5-12(17)13-6-3-10-19-13/h3,6,10,12H,2,4-5,8-9,11H2,1H3/t12-/m1/s1. The number of likely N-dealkylation sites (N-methyl/N-ethyl adjacent to an activating group) is 1. The van der Waals surface area contributed by atoms with Gasteiger partial charge in [0.2, 0.25) is 5.91 Å². The number of hydrogen-bond donors (Lipinski definition) is 0. The van der Waals surface area contributed by atoms with Crippen LogP contribution < -0.4 is 0 Å². The average molecular weight is 277 g/mol. The molecule has 0 bridgehead atoms. The highest BCUT2D eigenvalue weighted by Gasteiger charge is 2.28. The Labute approximate surface area is 118 Å². The zero-order valence-electron chi connectivity index (χ0n) is 11.2. The first-order valence-electron chi connectivity index (χ1n) is 6.60. The van der Waals surface area contributed by atoms with Gasteiger partial charge in [0.05, 0.1) is 19.0 Å². The van der Waals surface area contributed by atoms with Gasteiger partial charge in [-0.3, -0.25) is 9.69 Å². The van der Waals surface area contributed by atoms with E-state index in [0.717, 1.165) is 19.4 Å². The number of nitrogens with zero attached hydrogens (tertiary/aromatic N) is 3. The predicted molar refractivity (Wildman–Crippen MR) is 75.7 cm³/mol. The van der Waals surface area contributed by atoms with Gasteiger partial charge in [0, 0.05) is 24.5 Å². The average Bonchev–Trinajstić information content (AvgIpc) is 3.05. The minimum atomic E-state index is 0.110. The van der Waals surface area contributed by atoms with Crippen molar-refractivity contribution in [3.8, 4) is 6.07 Å². The van der Waals surface area contributed by atoms with E-state index in [4.69, 9.17) is 5.26 Å². The molecule has 0 aromatic carbocycles. The van der Waals surface area contributed by atoms with Crippen LogP contribution in [-0.2, 0) is 4.79 Å². The summed E-state index contributed by atoms with van der Waals surface area (Å²) in [7, 11) is 1.77. The second-order valence-electron chi connectivity index (χ2n) is 4.87. The minimum Gasteiger partial charge on any atom is -0.344 e. The van der Waals surface area contributed by atoms with Crippen molar-refractivity contribution in [2.45, 2.75) is 25.3 Å². The summed E-state index contributed by atoms with van der Waals surface area (Å²) < 4.78 is 0. The van der Waals surface area contributed by atoms with Gasteiger partial charge in [-0.2, -0.15) is 5.26 Å². The maximum Gasteiger partial charge on any atom is 0.236 e. The molecule has 0 spiro atoms. The summed E-state index contributed by atoms with van der Waals surface area (Å²) in [5.74, 6) is 0.110. The molecule has 0 N–H and O–H groups in total. The van der Waals surface area contributed by atoms with Crippen LogP contribution in [0.3, 0.4) is 0 Å². The summed E-state index contributed by atoms with van der Waals surface area (Å²) in [6.45, 7) is 1.97. The van der Waals surface area contributed by atoms with Crippen LogP contribution in [-0.4, -0.2) is 42.4 Å². The Morgan fingerprint density at radius 2 is 2.53 bits per heavy atom. The fraction of sp³-hybridized carbons (Fsp3) is 0.571. The van der Waals surface area contributed by atoms with E-state index in [-0.39, 0.29) is 5.91 Å². The third-order valence-corrected chi connectivity index (χ3v) is 4.53. The van der Waals surface area contributed by atoms with Crippen molar-refractivity contribution < 1.29 is 4.79 Å². The fourth-order valence-electron chi connectivity index (χ4n) is 2.46. The molecule has 1 atom stereocenters. The Hall–Kier alpha value is -1.38. The first-order valence-corrected chi connectivity index (χ1v) is 7.48. The van der Waals surface area contributed by atoms with Gasteiger partial charge >= 0.3 is 0 Å². The number of nitriles is 1. The topological polar surface area (TPSA) is 47.3 Å². The Morgan fingerprint density at radius 3 is 3.21 bits per heavy atom. The van der Waals surface area contributed by atoms with Crippen LogP contribution in [0.1, 0.15) is 30.2 Å². The monoisotopic (exact) mass is 277 g/mol. The number of thiophene rings is 1. The number of carbonyl (C=O) groups is 1. The predicted octanol–water partition coefficient (Wildman–Crippen LogP) is 2.26. The third kappa shape index (κ3) is 3.55. The van der Waals surface area contributed by atoms with Gasteiger partial charge in [0.1, 0.15) is 0 Å². The lowest BCUT2D eigenvalue weighted by Gasteiger charge is -2.25. The molecule has 19 heavy (non-hydrogen) atoms. The lowest BCUT2D eigenvalue weighted by Crippen LogP contribution is -2.38. The van der Waals surface area contributed by atoms with E-state index in [2.05, 4.69) is 28.5 Å². The van der Waals surface area contributed by atoms with E-state index in [1.807, 2.05) is 0 Å². The first-order chi connectivity index (χ1) is 9.22. The molecule has 0 unspecified atom stereocenters. The van der Waals surface area contributed by atoms with Crippen molar-refractivity contribution in [3.05, 3.63) is 22.4 Å². The highest BCUT2D eigenvalue weighted by Crippen LogP contribution is 2.34. The number of hydrogen-bond acceptors (Lipinski definition) is 4. The van der Waals surface area contributed by atoms with Crippen molar-refractivity contribution in [2.75, 3.05) is 26.7 Å². The molecule has 0 aliphatic carbocycles. The van der Waals surface area contributed by atoms with E-state index in [9.17, 15) is 4.79 Å². The SMILES string of the molecule is CN(CCC#N)C(=O)CN1CCC[C@@H]1c1cccs1. The van der Waals surface area contributed by atoms with Crippen LogP contribution >= 0.6 is 11.3 Å². The Kier molecular flexibility index (Phi) is 4.94. The van der Waals surface area contributed by atoms with Crippen molar-refractivity contribution >= 4 is 17.2 Å². The van der Waals surface area contributed by atoms with Gasteiger partial charge in [-0.1, -0.05) is 6.07 Å². The third-order valence-electron chi connectivity index (χ3n) is 3.56. The van der Waals surface area contributed by atoms with Crippen molar-refractivity contribution in [2.24, 2.45) is 0 Å². The lowest BCUT2D eigenvalue weighted by molar-refractivity contribution is -0.131. The van der Waals surface area contributed by atoms with Gasteiger partial charge in [-0.05, 0) is 30.8 Å². The molecule has 5 heteroatoms. The van der Waals surface area contributed by atoms with Crippen LogP contribution in [0.4, 0.5) is 0 Å². The maximum atomic E-state index is 12.1. The van der Waals surface area contributed by atoms with Gasteiger partial charge in [-0.25, -0.2) is 0 Å². The van der Waals surface area contributed by atoms with Crippen molar-refractivity contribution in [1.29, 1.82) is 5.26 Å². The molecule has 1 amide bonds. The van der Waals surface area contributed by atoms with E-state index < -0.39 is 0 Å². The van der Waals surface area contributed by atoms with Gasteiger partial charge in [-0.15, -0.1) is 11.3 Å². The normalized spacial score (nSPS) is 19.3. The Bertz CT molecular complexity index is 452. The van der Waals surface area contributed by atoms with E-state index in [0.29, 0.717) is 25.6 Å². The Morgan fingerprint density at radius 1 is 1.68 bits per heavy atom. The quantitative estimate of drug-likeness (QED) is 0.829. The number of amides is 1. The highest BCUT2D eigenvalue weighted by atomic mass is 32.1. The summed E-state index contributed by atoms with van der Waals surface area (Å²) in [6.07, 6.45) is 2.68. The van der Waals surface area contributed by atoms with Crippen molar-refractivity contribution in [3.63, 3.8) is 0 Å². The van der Waals surface area contributed by atoms with E-state index >= 15 is 0 Å². The van der Waals surface area contributed by atoms with Crippen LogP contribution in [0, 0.1) is 11.3 Å². The van der Waals surface area contributed by atoms with Crippen LogP contribution in [0.2, 0.25) is 0 Å². The lowest BCUT2D eigenvalue weighted by atomic mass is 10.2. The molecular formula is C14H19N3OS. The molecule has 2 heterocycles. The second-order valence-corrected chi connectivity index (χ2v) is 5.85. The van der Waals surface area contributed by atoms with E-state index in [1.54, 1.807) is 23.3 Å². The van der Waals surface area contributed by atoms with Crippen molar-refractivity contribution in [1.82, 2.24) is 9.80 Å². The highest BCUT2D eigenvalue weighted by molar-refractivity contribution is 7.10. The summed E-state index contributed by atoms with van der Waals surface area (Å²) in [5, 5.41) is 10.6. The summed E-state index contributed by atoms with van der Waals surface area (Å²) >= 11 is 1.76. The molecule has 4 nitrogen and oxygen atoms in total. The number of likely N-dealkylation sites (tertiary alicyclic amines) is 1. The summed E-state index contributed by atoms with van der Waals surface area (Å²) in [6, 6.07) is 6.69. The molecule has 2 rings (SSSR count). The molecule has 102 valence electrons. The van der Waals surface area contributed by atoms with Crippen LogP contribution in [0.15, 0.2) is 17.5 Å². The molecule has 1 fully saturated rings. The van der Waals surface area contributed by atoms with Gasteiger partial charge < -0.3 is 4.90 Å². The second kappa shape index (κ2) is 6.69. The van der Waals surface area contributed by atoms with Gasteiger partial charge in [0.25, 0.3) is 0 Å². The van der Waals surface area contributed by atoms with Crippen LogP contribution in [0.25, 0.3) is 0 Å². The fourth-order valence-corrected chi connectivity index (χ4v) is 3.35. The number of carbonyl (C=O) groups excluding carboxylic acids is 1. The molecule has 1 aromatic heterocycles. The molecule has 1 aromatic rings. The first kappa shape index (κ1) is 14.0. The summed E-state index contributed by atoms with van der Waals surface area (Å²) in [4.78, 5) is 17.4. The maximum absolute atomic E-state index is 12.1. The Balaban J connectivity index is 1.91. The zero-order chi connectivity index (χ0) is 13.7. The number of rotatable bonds is 5. The molecule has 1 aliphatic heterocycles. The smallest absolute Gasteiger partial charge is 0.236 e. The van der Waals surface area contributed by atoms with E-state index in [1.165, 1.54) is 4.88 Å².